The number of carbonyl (C=O) groups excluding carboxylic acids is 2. The van der Waals surface area contributed by atoms with Crippen LogP contribution in [0.3, 0.4) is 0 Å². The summed E-state index contributed by atoms with van der Waals surface area (Å²) in [7, 11) is 0. The first-order chi connectivity index (χ1) is 13.7. The van der Waals surface area contributed by atoms with Crippen LogP contribution in [0.5, 0.6) is 0 Å². The van der Waals surface area contributed by atoms with Gasteiger partial charge in [0.25, 0.3) is 5.91 Å². The van der Waals surface area contributed by atoms with Crippen molar-refractivity contribution in [2.75, 3.05) is 17.2 Å². The molecule has 144 valence electrons. The van der Waals surface area contributed by atoms with Gasteiger partial charge in [0.05, 0.1) is 12.3 Å². The van der Waals surface area contributed by atoms with Gasteiger partial charge in [0.1, 0.15) is 0 Å². The van der Waals surface area contributed by atoms with Crippen LogP contribution < -0.4 is 10.6 Å². The first-order valence-corrected chi connectivity index (χ1v) is 10.1. The zero-order valence-corrected chi connectivity index (χ0v) is 16.3. The van der Waals surface area contributed by atoms with Crippen LogP contribution >= 0.6 is 11.3 Å². The molecule has 0 saturated heterocycles. The Hall–Kier alpha value is -3.06. The molecular formula is C21H21N3O3S. The number of benzene rings is 1. The smallest absolute Gasteiger partial charge is 0.322 e. The molecule has 3 heterocycles. The van der Waals surface area contributed by atoms with Crippen LogP contribution in [0.1, 0.15) is 40.4 Å². The summed E-state index contributed by atoms with van der Waals surface area (Å²) < 4.78 is 5.10. The molecule has 3 amide bonds. The number of thiophene rings is 1. The van der Waals surface area contributed by atoms with E-state index in [-0.39, 0.29) is 23.7 Å². The number of amides is 3. The largest absolute Gasteiger partial charge is 0.459 e. The fraction of sp³-hybridized carbons (Fsp3) is 0.238. The van der Waals surface area contributed by atoms with Crippen molar-refractivity contribution in [1.29, 1.82) is 0 Å². The second kappa shape index (κ2) is 7.90. The number of furan rings is 1. The van der Waals surface area contributed by atoms with E-state index in [9.17, 15) is 9.59 Å². The number of carbonyl (C=O) groups is 2. The van der Waals surface area contributed by atoms with Crippen LogP contribution in [0.4, 0.5) is 16.2 Å². The lowest BCUT2D eigenvalue weighted by Crippen LogP contribution is -2.41. The molecule has 28 heavy (non-hydrogen) atoms. The summed E-state index contributed by atoms with van der Waals surface area (Å²) >= 11 is 1.76. The molecule has 2 N–H and O–H groups in total. The Morgan fingerprint density at radius 2 is 2.00 bits per heavy atom. The van der Waals surface area contributed by atoms with Gasteiger partial charge in [0.2, 0.25) is 0 Å². The molecule has 4 rings (SSSR count). The number of fused-ring (bicyclic) bond motifs is 1. The quantitative estimate of drug-likeness (QED) is 0.643. The molecule has 0 radical (unpaired) electrons. The van der Waals surface area contributed by atoms with Gasteiger partial charge in [0, 0.05) is 22.8 Å². The third-order valence-corrected chi connectivity index (χ3v) is 5.86. The van der Waals surface area contributed by atoms with E-state index in [2.05, 4.69) is 29.0 Å². The van der Waals surface area contributed by atoms with Crippen LogP contribution in [-0.4, -0.2) is 23.4 Å². The van der Waals surface area contributed by atoms with E-state index < -0.39 is 0 Å². The van der Waals surface area contributed by atoms with Gasteiger partial charge in [-0.1, -0.05) is 13.0 Å². The van der Waals surface area contributed by atoms with E-state index in [1.165, 1.54) is 16.7 Å². The normalized spacial score (nSPS) is 15.8. The molecule has 7 heteroatoms. The summed E-state index contributed by atoms with van der Waals surface area (Å²) in [5.74, 6) is -0.0966. The molecule has 0 fully saturated rings. The lowest BCUT2D eigenvalue weighted by Gasteiger charge is -2.35. The van der Waals surface area contributed by atoms with E-state index in [4.69, 9.17) is 4.42 Å². The highest BCUT2D eigenvalue weighted by molar-refractivity contribution is 7.10. The summed E-state index contributed by atoms with van der Waals surface area (Å²) in [4.78, 5) is 28.3. The molecule has 1 aliphatic heterocycles. The SMILES string of the molecule is CC[C@@H]1c2ccsc2CCN1C(=O)Nc1cccc(NC(=O)c2ccco2)c1. The lowest BCUT2D eigenvalue weighted by molar-refractivity contribution is 0.0996. The Morgan fingerprint density at radius 1 is 1.18 bits per heavy atom. The van der Waals surface area contributed by atoms with Crippen molar-refractivity contribution >= 4 is 34.6 Å². The Bertz CT molecular complexity index is 980. The van der Waals surface area contributed by atoms with E-state index in [1.807, 2.05) is 4.90 Å². The monoisotopic (exact) mass is 395 g/mol. The van der Waals surface area contributed by atoms with E-state index in [1.54, 1.807) is 47.7 Å². The summed E-state index contributed by atoms with van der Waals surface area (Å²) in [6, 6.07) is 12.4. The highest BCUT2D eigenvalue weighted by Crippen LogP contribution is 2.35. The van der Waals surface area contributed by atoms with Crippen molar-refractivity contribution < 1.29 is 14.0 Å². The van der Waals surface area contributed by atoms with Crippen LogP contribution in [0.15, 0.2) is 58.5 Å². The van der Waals surface area contributed by atoms with Gasteiger partial charge in [0.15, 0.2) is 5.76 Å². The number of anilines is 2. The Labute approximate surface area is 167 Å². The number of nitrogens with zero attached hydrogens (tertiary/aromatic N) is 1. The molecule has 0 unspecified atom stereocenters. The standard InChI is InChI=1S/C21H21N3O3S/c1-2-17-16-9-12-28-19(16)8-10-24(17)21(26)23-15-6-3-5-14(13-15)22-20(25)18-7-4-11-27-18/h3-7,9,11-13,17H,2,8,10H2,1H3,(H,22,25)(H,23,26)/t17-/m1/s1. The predicted molar refractivity (Wildman–Crippen MR) is 110 cm³/mol. The molecular weight excluding hydrogens is 374 g/mol. The first kappa shape index (κ1) is 18.3. The minimum absolute atomic E-state index is 0.0943. The maximum absolute atomic E-state index is 12.9. The van der Waals surface area contributed by atoms with E-state index in [0.29, 0.717) is 17.9 Å². The molecule has 0 spiro atoms. The van der Waals surface area contributed by atoms with Gasteiger partial charge in [-0.15, -0.1) is 11.3 Å². The zero-order chi connectivity index (χ0) is 19.5. The fourth-order valence-electron chi connectivity index (χ4n) is 3.55. The molecule has 6 nitrogen and oxygen atoms in total. The molecule has 1 aromatic carbocycles. The van der Waals surface area contributed by atoms with Gasteiger partial charge in [-0.2, -0.15) is 0 Å². The van der Waals surface area contributed by atoms with Crippen molar-refractivity contribution in [3.05, 3.63) is 70.3 Å². The molecule has 0 aliphatic carbocycles. The van der Waals surface area contributed by atoms with Crippen molar-refractivity contribution in [3.8, 4) is 0 Å². The van der Waals surface area contributed by atoms with Crippen molar-refractivity contribution in [1.82, 2.24) is 4.90 Å². The summed E-state index contributed by atoms with van der Waals surface area (Å²) in [6.07, 6.45) is 3.21. The number of nitrogens with one attached hydrogen (secondary N) is 2. The summed E-state index contributed by atoms with van der Waals surface area (Å²) in [5.41, 5.74) is 2.48. The number of hydrogen-bond donors (Lipinski definition) is 2. The number of urea groups is 1. The van der Waals surface area contributed by atoms with Crippen molar-refractivity contribution in [2.45, 2.75) is 25.8 Å². The molecule has 3 aromatic rings. The van der Waals surface area contributed by atoms with E-state index in [0.717, 1.165) is 12.8 Å². The van der Waals surface area contributed by atoms with Crippen LogP contribution in [-0.2, 0) is 6.42 Å². The maximum atomic E-state index is 12.9. The van der Waals surface area contributed by atoms with Crippen LogP contribution in [0, 0.1) is 0 Å². The second-order valence-corrected chi connectivity index (χ2v) is 7.61. The van der Waals surface area contributed by atoms with Gasteiger partial charge >= 0.3 is 6.03 Å². The zero-order valence-electron chi connectivity index (χ0n) is 15.5. The minimum atomic E-state index is -0.333. The Kier molecular flexibility index (Phi) is 5.16. The summed E-state index contributed by atoms with van der Waals surface area (Å²) in [6.45, 7) is 2.80. The van der Waals surface area contributed by atoms with Gasteiger partial charge in [-0.25, -0.2) is 4.79 Å². The Morgan fingerprint density at radius 3 is 2.75 bits per heavy atom. The highest BCUT2D eigenvalue weighted by Gasteiger charge is 2.30. The fourth-order valence-corrected chi connectivity index (χ4v) is 4.48. The van der Waals surface area contributed by atoms with Crippen molar-refractivity contribution in [3.63, 3.8) is 0 Å². The molecule has 0 saturated carbocycles. The number of hydrogen-bond acceptors (Lipinski definition) is 4. The summed E-state index contributed by atoms with van der Waals surface area (Å²) in [5, 5.41) is 7.83. The molecule has 1 aliphatic rings. The van der Waals surface area contributed by atoms with Crippen LogP contribution in [0.25, 0.3) is 0 Å². The van der Waals surface area contributed by atoms with E-state index >= 15 is 0 Å². The molecule has 2 aromatic heterocycles. The third kappa shape index (κ3) is 3.66. The second-order valence-electron chi connectivity index (χ2n) is 6.61. The first-order valence-electron chi connectivity index (χ1n) is 9.24. The van der Waals surface area contributed by atoms with Gasteiger partial charge < -0.3 is 20.0 Å². The molecule has 0 bridgehead atoms. The predicted octanol–water partition coefficient (Wildman–Crippen LogP) is 5.13. The lowest BCUT2D eigenvalue weighted by atomic mass is 9.98. The van der Waals surface area contributed by atoms with Crippen LogP contribution in [0.2, 0.25) is 0 Å². The average Bonchev–Trinajstić information content (AvgIpc) is 3.39. The highest BCUT2D eigenvalue weighted by atomic mass is 32.1. The number of rotatable bonds is 4. The van der Waals surface area contributed by atoms with Gasteiger partial charge in [-0.3, -0.25) is 4.79 Å². The topological polar surface area (TPSA) is 74.6 Å². The molecule has 1 atom stereocenters. The Balaban J connectivity index is 1.45. The minimum Gasteiger partial charge on any atom is -0.459 e. The van der Waals surface area contributed by atoms with Gasteiger partial charge in [-0.05, 0) is 60.2 Å². The van der Waals surface area contributed by atoms with Crippen molar-refractivity contribution in [2.24, 2.45) is 0 Å². The third-order valence-electron chi connectivity index (χ3n) is 4.86. The maximum Gasteiger partial charge on any atom is 0.322 e. The average molecular weight is 395 g/mol.